The first-order valence-electron chi connectivity index (χ1n) is 6.70. The molecule has 0 saturated carbocycles. The van der Waals surface area contributed by atoms with Crippen molar-refractivity contribution in [2.24, 2.45) is 0 Å². The summed E-state index contributed by atoms with van der Waals surface area (Å²) < 4.78 is 1.06. The number of halogens is 2. The minimum atomic E-state index is 0.130. The minimum Gasteiger partial charge on any atom is -0.399 e. The van der Waals surface area contributed by atoms with Crippen LogP contribution in [0, 0.1) is 6.92 Å². The van der Waals surface area contributed by atoms with Crippen molar-refractivity contribution >= 4 is 43.3 Å². The summed E-state index contributed by atoms with van der Waals surface area (Å²) in [5, 5.41) is 0.399. The molecule has 0 aliphatic rings. The average molecular weight is 415 g/mol. The number of hydrogen-bond acceptors (Lipinski definition) is 2. The van der Waals surface area contributed by atoms with Gasteiger partial charge >= 0.3 is 0 Å². The first-order chi connectivity index (χ1) is 10.0. The van der Waals surface area contributed by atoms with Crippen molar-refractivity contribution in [1.29, 1.82) is 0 Å². The van der Waals surface area contributed by atoms with Crippen LogP contribution >= 0.6 is 31.9 Å². The number of benzene rings is 2. The van der Waals surface area contributed by atoms with Crippen molar-refractivity contribution < 1.29 is 4.79 Å². The van der Waals surface area contributed by atoms with E-state index in [2.05, 4.69) is 31.9 Å². The standard InChI is InChI=1S/C9H9BrO.C6H6BrN.C2H6/c1-7-2-4-8(5-3-7)9(11)6-10;7-5-1-3-6(8)4-2-5;1-2/h2-5H,6H2,1H3;1-4H,8H2;1-2H3. The smallest absolute Gasteiger partial charge is 0.173 e. The van der Waals surface area contributed by atoms with Crippen LogP contribution < -0.4 is 5.73 Å². The molecule has 0 heterocycles. The minimum absolute atomic E-state index is 0.130. The summed E-state index contributed by atoms with van der Waals surface area (Å²) in [5.74, 6) is 0.130. The fourth-order valence-electron chi connectivity index (χ4n) is 1.28. The summed E-state index contributed by atoms with van der Waals surface area (Å²) in [5.41, 5.74) is 8.15. The molecule has 2 aromatic rings. The maximum Gasteiger partial charge on any atom is 0.173 e. The molecule has 2 nitrogen and oxygen atoms in total. The fourth-order valence-corrected chi connectivity index (χ4v) is 1.87. The normalized spacial score (nSPS) is 8.81. The zero-order valence-corrected chi connectivity index (χ0v) is 15.7. The highest BCUT2D eigenvalue weighted by Gasteiger charge is 2.00. The van der Waals surface area contributed by atoms with Gasteiger partial charge in [-0.3, -0.25) is 4.79 Å². The van der Waals surface area contributed by atoms with Crippen LogP contribution in [0.1, 0.15) is 29.8 Å². The van der Waals surface area contributed by atoms with E-state index >= 15 is 0 Å². The van der Waals surface area contributed by atoms with Crippen LogP contribution in [0.15, 0.2) is 53.0 Å². The summed E-state index contributed by atoms with van der Waals surface area (Å²) in [6.45, 7) is 6.00. The molecule has 0 unspecified atom stereocenters. The molecule has 0 amide bonds. The summed E-state index contributed by atoms with van der Waals surface area (Å²) in [7, 11) is 0. The van der Waals surface area contributed by atoms with Crippen LogP contribution in [0.2, 0.25) is 0 Å². The third kappa shape index (κ3) is 8.68. The Morgan fingerprint density at radius 3 is 1.86 bits per heavy atom. The molecule has 0 bridgehead atoms. The molecule has 2 aromatic carbocycles. The number of carbonyl (C=O) groups is 1. The molecule has 114 valence electrons. The summed E-state index contributed by atoms with van der Waals surface area (Å²) >= 11 is 6.41. The van der Waals surface area contributed by atoms with Gasteiger partial charge in [0, 0.05) is 15.7 Å². The molecule has 0 aliphatic carbocycles. The van der Waals surface area contributed by atoms with Gasteiger partial charge in [0.25, 0.3) is 0 Å². The van der Waals surface area contributed by atoms with E-state index in [9.17, 15) is 4.79 Å². The predicted molar refractivity (Wildman–Crippen MR) is 99.2 cm³/mol. The predicted octanol–water partition coefficient (Wildman–Crippen LogP) is 5.63. The van der Waals surface area contributed by atoms with Crippen LogP contribution in [0.3, 0.4) is 0 Å². The Bertz CT molecular complexity index is 500. The average Bonchev–Trinajstić information content (AvgIpc) is 2.53. The Morgan fingerprint density at radius 1 is 1.00 bits per heavy atom. The molecule has 2 N–H and O–H groups in total. The number of Topliss-reactive ketones (excluding diaryl/α,β-unsaturated/α-hetero) is 1. The number of nitrogens with two attached hydrogens (primary N) is 1. The maximum absolute atomic E-state index is 11.1. The molecule has 0 fully saturated rings. The molecular formula is C17H21Br2NO. The molecule has 0 radical (unpaired) electrons. The van der Waals surface area contributed by atoms with Crippen molar-refractivity contribution in [1.82, 2.24) is 0 Å². The second kappa shape index (κ2) is 11.5. The topological polar surface area (TPSA) is 43.1 Å². The second-order valence-electron chi connectivity index (χ2n) is 3.97. The highest BCUT2D eigenvalue weighted by atomic mass is 79.9. The van der Waals surface area contributed by atoms with Crippen LogP contribution in [0.5, 0.6) is 0 Å². The number of carbonyl (C=O) groups excluding carboxylic acids is 1. The van der Waals surface area contributed by atoms with E-state index in [1.54, 1.807) is 0 Å². The van der Waals surface area contributed by atoms with Gasteiger partial charge in [0.15, 0.2) is 5.78 Å². The number of nitrogen functional groups attached to an aromatic ring is 1. The fraction of sp³-hybridized carbons (Fsp3) is 0.235. The summed E-state index contributed by atoms with van der Waals surface area (Å²) in [6, 6.07) is 15.1. The van der Waals surface area contributed by atoms with E-state index in [0.717, 1.165) is 15.7 Å². The Labute approximate surface area is 144 Å². The monoisotopic (exact) mass is 413 g/mol. The number of ketones is 1. The van der Waals surface area contributed by atoms with Gasteiger partial charge in [-0.25, -0.2) is 0 Å². The number of rotatable bonds is 2. The van der Waals surface area contributed by atoms with Crippen LogP contribution in [0.25, 0.3) is 0 Å². The molecule has 0 spiro atoms. The van der Waals surface area contributed by atoms with Crippen molar-refractivity contribution in [3.05, 3.63) is 64.1 Å². The number of anilines is 1. The van der Waals surface area contributed by atoms with Gasteiger partial charge < -0.3 is 5.73 Å². The molecule has 0 aliphatic heterocycles. The molecular weight excluding hydrogens is 394 g/mol. The SMILES string of the molecule is CC.Cc1ccc(C(=O)CBr)cc1.Nc1ccc(Br)cc1. The number of aryl methyl sites for hydroxylation is 1. The first kappa shape index (κ1) is 19.9. The van der Waals surface area contributed by atoms with Gasteiger partial charge in [-0.2, -0.15) is 0 Å². The van der Waals surface area contributed by atoms with Crippen LogP contribution in [0.4, 0.5) is 5.69 Å². The van der Waals surface area contributed by atoms with Gasteiger partial charge in [-0.05, 0) is 31.2 Å². The lowest BCUT2D eigenvalue weighted by atomic mass is 10.1. The zero-order chi connectivity index (χ0) is 16.3. The lowest BCUT2D eigenvalue weighted by Gasteiger charge is -1.96. The lowest BCUT2D eigenvalue weighted by molar-refractivity contribution is 0.102. The van der Waals surface area contributed by atoms with Crippen molar-refractivity contribution in [3.8, 4) is 0 Å². The third-order valence-corrected chi connectivity index (χ3v) is 3.40. The quantitative estimate of drug-likeness (QED) is 0.393. The van der Waals surface area contributed by atoms with E-state index in [1.165, 1.54) is 5.56 Å². The van der Waals surface area contributed by atoms with Gasteiger partial charge in [0.2, 0.25) is 0 Å². The van der Waals surface area contributed by atoms with Crippen molar-refractivity contribution in [3.63, 3.8) is 0 Å². The highest BCUT2D eigenvalue weighted by molar-refractivity contribution is 9.10. The van der Waals surface area contributed by atoms with Crippen LogP contribution in [-0.2, 0) is 0 Å². The number of alkyl halides is 1. The molecule has 21 heavy (non-hydrogen) atoms. The Balaban J connectivity index is 0.000000354. The van der Waals surface area contributed by atoms with E-state index in [4.69, 9.17) is 5.73 Å². The largest absolute Gasteiger partial charge is 0.399 e. The van der Waals surface area contributed by atoms with Gasteiger partial charge in [-0.15, -0.1) is 0 Å². The van der Waals surface area contributed by atoms with Gasteiger partial charge in [0.05, 0.1) is 5.33 Å². The third-order valence-electron chi connectivity index (χ3n) is 2.36. The zero-order valence-electron chi connectivity index (χ0n) is 12.6. The van der Waals surface area contributed by atoms with Crippen molar-refractivity contribution in [2.75, 3.05) is 11.1 Å². The van der Waals surface area contributed by atoms with Crippen molar-refractivity contribution in [2.45, 2.75) is 20.8 Å². The lowest BCUT2D eigenvalue weighted by Crippen LogP contribution is -1.98. The Morgan fingerprint density at radius 2 is 1.48 bits per heavy atom. The van der Waals surface area contributed by atoms with Crippen LogP contribution in [-0.4, -0.2) is 11.1 Å². The summed E-state index contributed by atoms with van der Waals surface area (Å²) in [6.07, 6.45) is 0. The number of hydrogen-bond donors (Lipinski definition) is 1. The van der Waals surface area contributed by atoms with Gasteiger partial charge in [-0.1, -0.05) is 75.5 Å². The molecule has 0 saturated heterocycles. The van der Waals surface area contributed by atoms with Gasteiger partial charge in [0.1, 0.15) is 0 Å². The second-order valence-corrected chi connectivity index (χ2v) is 5.45. The first-order valence-corrected chi connectivity index (χ1v) is 8.61. The molecule has 4 heteroatoms. The maximum atomic E-state index is 11.1. The van der Waals surface area contributed by atoms with E-state index < -0.39 is 0 Å². The molecule has 2 rings (SSSR count). The Hall–Kier alpha value is -1.13. The van der Waals surface area contributed by atoms with E-state index in [0.29, 0.717) is 5.33 Å². The molecule has 0 atom stereocenters. The Kier molecular flexibility index (Phi) is 10.9. The van der Waals surface area contributed by atoms with E-state index in [-0.39, 0.29) is 5.78 Å². The molecule has 0 aromatic heterocycles. The summed E-state index contributed by atoms with van der Waals surface area (Å²) in [4.78, 5) is 11.1. The highest BCUT2D eigenvalue weighted by Crippen LogP contribution is 2.10. The van der Waals surface area contributed by atoms with E-state index in [1.807, 2.05) is 69.3 Å².